The van der Waals surface area contributed by atoms with Gasteiger partial charge in [-0.25, -0.2) is 0 Å². The Hall–Kier alpha value is -4.79. The number of anilines is 1. The number of nitrogens with zero attached hydrogens (tertiary/aromatic N) is 5. The third-order valence-corrected chi connectivity index (χ3v) is 5.29. The third kappa shape index (κ3) is 4.02. The summed E-state index contributed by atoms with van der Waals surface area (Å²) in [6, 6.07) is 20.0. The monoisotopic (exact) mass is 452 g/mol. The van der Waals surface area contributed by atoms with Gasteiger partial charge in [-0.15, -0.1) is 10.2 Å². The number of carbonyl (C=O) groups excluding carboxylic acids is 1. The molecule has 168 valence electrons. The van der Waals surface area contributed by atoms with E-state index in [1.54, 1.807) is 42.2 Å². The van der Waals surface area contributed by atoms with Gasteiger partial charge in [-0.3, -0.25) is 9.78 Å². The van der Waals surface area contributed by atoms with E-state index in [0.29, 0.717) is 34.2 Å². The number of pyridine rings is 1. The summed E-state index contributed by atoms with van der Waals surface area (Å²) in [6.45, 7) is 0. The lowest BCUT2D eigenvalue weighted by atomic mass is 10.1. The van der Waals surface area contributed by atoms with Gasteiger partial charge in [0.05, 0.1) is 25.5 Å². The van der Waals surface area contributed by atoms with Crippen LogP contribution in [0.2, 0.25) is 0 Å². The minimum Gasteiger partial charge on any atom is -0.497 e. The average molecular weight is 452 g/mol. The highest BCUT2D eigenvalue weighted by Gasteiger charge is 2.14. The molecule has 5 rings (SSSR count). The normalized spacial score (nSPS) is 10.8. The number of methoxy groups -OCH3 is 2. The van der Waals surface area contributed by atoms with Crippen molar-refractivity contribution in [2.45, 2.75) is 0 Å². The van der Waals surface area contributed by atoms with Crippen LogP contribution in [-0.4, -0.2) is 44.9 Å². The van der Waals surface area contributed by atoms with E-state index in [1.165, 1.54) is 7.11 Å². The summed E-state index contributed by atoms with van der Waals surface area (Å²) >= 11 is 0. The van der Waals surface area contributed by atoms with Gasteiger partial charge in [-0.1, -0.05) is 12.1 Å². The summed E-state index contributed by atoms with van der Waals surface area (Å²) in [5.74, 6) is 1.40. The maximum Gasteiger partial charge on any atom is 0.259 e. The Bertz CT molecular complexity index is 1470. The molecule has 0 unspecified atom stereocenters. The van der Waals surface area contributed by atoms with E-state index in [4.69, 9.17) is 14.6 Å². The maximum atomic E-state index is 12.8. The molecule has 0 atom stereocenters. The second-order valence-corrected chi connectivity index (χ2v) is 7.35. The number of fused-ring (bicyclic) bond motifs is 1. The van der Waals surface area contributed by atoms with E-state index in [9.17, 15) is 4.79 Å². The highest BCUT2D eigenvalue weighted by molar-refractivity contribution is 6.06. The van der Waals surface area contributed by atoms with E-state index < -0.39 is 0 Å². The van der Waals surface area contributed by atoms with Crippen LogP contribution in [0.25, 0.3) is 28.3 Å². The van der Waals surface area contributed by atoms with Crippen LogP contribution in [-0.2, 0) is 0 Å². The largest absolute Gasteiger partial charge is 0.497 e. The Labute approximate surface area is 195 Å². The number of nitrogens with one attached hydrogen (secondary N) is 1. The fraction of sp³-hybridized carbons (Fsp3) is 0.0800. The number of aromatic nitrogens is 5. The summed E-state index contributed by atoms with van der Waals surface area (Å²) < 4.78 is 12.2. The van der Waals surface area contributed by atoms with Crippen LogP contribution < -0.4 is 14.8 Å². The van der Waals surface area contributed by atoms with Crippen molar-refractivity contribution in [2.24, 2.45) is 0 Å². The van der Waals surface area contributed by atoms with E-state index in [0.717, 1.165) is 16.8 Å². The second-order valence-electron chi connectivity index (χ2n) is 7.35. The van der Waals surface area contributed by atoms with Crippen LogP contribution in [0.5, 0.6) is 11.5 Å². The average Bonchev–Trinajstić information content (AvgIpc) is 3.32. The first-order valence-electron chi connectivity index (χ1n) is 10.4. The molecule has 0 aliphatic heterocycles. The molecule has 9 heteroatoms. The van der Waals surface area contributed by atoms with Crippen molar-refractivity contribution in [1.29, 1.82) is 0 Å². The van der Waals surface area contributed by atoms with Crippen LogP contribution in [0.3, 0.4) is 0 Å². The number of amides is 1. The molecule has 0 spiro atoms. The van der Waals surface area contributed by atoms with Crippen molar-refractivity contribution in [2.75, 3.05) is 19.5 Å². The zero-order chi connectivity index (χ0) is 23.5. The van der Waals surface area contributed by atoms with Crippen LogP contribution >= 0.6 is 0 Å². The van der Waals surface area contributed by atoms with Gasteiger partial charge in [0, 0.05) is 35.3 Å². The van der Waals surface area contributed by atoms with Crippen LogP contribution in [0.1, 0.15) is 10.4 Å². The quantitative estimate of drug-likeness (QED) is 0.413. The molecule has 2 aromatic carbocycles. The highest BCUT2D eigenvalue weighted by Crippen LogP contribution is 2.26. The lowest BCUT2D eigenvalue weighted by Gasteiger charge is -2.11. The lowest BCUT2D eigenvalue weighted by Crippen LogP contribution is -2.13. The molecule has 1 amide bonds. The van der Waals surface area contributed by atoms with E-state index in [1.807, 2.05) is 48.5 Å². The molecule has 0 saturated carbocycles. The molecule has 0 bridgehead atoms. The minimum absolute atomic E-state index is 0.279. The van der Waals surface area contributed by atoms with Crippen LogP contribution in [0, 0.1) is 0 Å². The number of ether oxygens (including phenoxy) is 2. The summed E-state index contributed by atoms with van der Waals surface area (Å²) in [7, 11) is 3.08. The standard InChI is InChI=1S/C25H20N6O3/c1-33-19-7-8-20(22(15-19)34-2)25(32)27-18-5-3-16(4-6-18)21-9-10-23-28-29-24(31(23)30-21)17-11-13-26-14-12-17/h3-15H,1-2H3,(H,27,32). The van der Waals surface area contributed by atoms with Crippen molar-refractivity contribution in [1.82, 2.24) is 24.8 Å². The van der Waals surface area contributed by atoms with Gasteiger partial charge in [-0.05, 0) is 48.5 Å². The van der Waals surface area contributed by atoms with Gasteiger partial charge in [0.25, 0.3) is 5.91 Å². The van der Waals surface area contributed by atoms with Crippen molar-refractivity contribution >= 4 is 17.2 Å². The molecule has 3 aromatic heterocycles. The van der Waals surface area contributed by atoms with Crippen LogP contribution in [0.15, 0.2) is 79.1 Å². The summed E-state index contributed by atoms with van der Waals surface area (Å²) in [4.78, 5) is 16.8. The summed E-state index contributed by atoms with van der Waals surface area (Å²) in [6.07, 6.45) is 3.41. The van der Waals surface area contributed by atoms with Crippen molar-refractivity contribution in [3.05, 3.63) is 84.7 Å². The number of hydrogen-bond donors (Lipinski definition) is 1. The number of carbonyl (C=O) groups is 1. The number of rotatable bonds is 6. The fourth-order valence-corrected chi connectivity index (χ4v) is 3.53. The van der Waals surface area contributed by atoms with Gasteiger partial charge in [0.2, 0.25) is 0 Å². The van der Waals surface area contributed by atoms with E-state index in [-0.39, 0.29) is 5.91 Å². The van der Waals surface area contributed by atoms with Gasteiger partial charge in [0.15, 0.2) is 11.5 Å². The molecule has 0 aliphatic rings. The molecule has 0 radical (unpaired) electrons. The zero-order valence-electron chi connectivity index (χ0n) is 18.5. The molecule has 34 heavy (non-hydrogen) atoms. The van der Waals surface area contributed by atoms with Gasteiger partial charge in [0.1, 0.15) is 11.5 Å². The Morgan fingerprint density at radius 3 is 2.38 bits per heavy atom. The molecular weight excluding hydrogens is 432 g/mol. The van der Waals surface area contributed by atoms with Gasteiger partial charge in [-0.2, -0.15) is 9.61 Å². The molecule has 0 aliphatic carbocycles. The first-order valence-corrected chi connectivity index (χ1v) is 10.4. The third-order valence-electron chi connectivity index (χ3n) is 5.29. The Kier molecular flexibility index (Phi) is 5.57. The smallest absolute Gasteiger partial charge is 0.259 e. The SMILES string of the molecule is COc1ccc(C(=O)Nc2ccc(-c3ccc4nnc(-c5ccncc5)n4n3)cc2)c(OC)c1. The topological polar surface area (TPSA) is 104 Å². The Balaban J connectivity index is 1.39. The minimum atomic E-state index is -0.279. The number of benzene rings is 2. The second kappa shape index (κ2) is 8.99. The Morgan fingerprint density at radius 1 is 0.853 bits per heavy atom. The Morgan fingerprint density at radius 2 is 1.65 bits per heavy atom. The van der Waals surface area contributed by atoms with E-state index in [2.05, 4.69) is 20.5 Å². The predicted octanol–water partition coefficient (Wildman–Crippen LogP) is 4.12. The number of hydrogen-bond acceptors (Lipinski definition) is 7. The summed E-state index contributed by atoms with van der Waals surface area (Å²) in [5.41, 5.74) is 4.21. The first kappa shape index (κ1) is 21.1. The van der Waals surface area contributed by atoms with Gasteiger partial charge >= 0.3 is 0 Å². The van der Waals surface area contributed by atoms with Crippen LogP contribution in [0.4, 0.5) is 5.69 Å². The summed E-state index contributed by atoms with van der Waals surface area (Å²) in [5, 5.41) is 16.1. The van der Waals surface area contributed by atoms with Gasteiger partial charge < -0.3 is 14.8 Å². The molecule has 0 saturated heterocycles. The molecule has 9 nitrogen and oxygen atoms in total. The molecule has 0 fully saturated rings. The highest BCUT2D eigenvalue weighted by atomic mass is 16.5. The van der Waals surface area contributed by atoms with Crippen molar-refractivity contribution in [3.8, 4) is 34.1 Å². The fourth-order valence-electron chi connectivity index (χ4n) is 3.53. The molecule has 1 N–H and O–H groups in total. The molecular formula is C25H20N6O3. The van der Waals surface area contributed by atoms with Crippen molar-refractivity contribution < 1.29 is 14.3 Å². The van der Waals surface area contributed by atoms with E-state index >= 15 is 0 Å². The van der Waals surface area contributed by atoms with Crippen molar-refractivity contribution in [3.63, 3.8) is 0 Å². The lowest BCUT2D eigenvalue weighted by molar-refractivity contribution is 0.102. The zero-order valence-corrected chi connectivity index (χ0v) is 18.5. The first-order chi connectivity index (χ1) is 16.7. The molecule has 5 aromatic rings. The predicted molar refractivity (Wildman–Crippen MR) is 127 cm³/mol. The maximum absolute atomic E-state index is 12.8. The molecule has 3 heterocycles.